The Morgan fingerprint density at radius 3 is 2.73 bits per heavy atom. The van der Waals surface area contributed by atoms with Crippen LogP contribution in [0.2, 0.25) is 0 Å². The van der Waals surface area contributed by atoms with E-state index in [0.29, 0.717) is 19.1 Å². The highest BCUT2D eigenvalue weighted by atomic mass is 16.7. The Morgan fingerprint density at radius 2 is 2.27 bits per heavy atom. The molecule has 66 valence electrons. The third-order valence-electron chi connectivity index (χ3n) is 2.07. The molecule has 0 aliphatic carbocycles. The smallest absolute Gasteiger partial charge is 0.162 e. The van der Waals surface area contributed by atoms with Crippen molar-refractivity contribution in [1.82, 2.24) is 0 Å². The Balaban J connectivity index is 2.35. The molecule has 0 aromatic rings. The lowest BCUT2D eigenvalue weighted by Crippen LogP contribution is -2.24. The highest BCUT2D eigenvalue weighted by Gasteiger charge is 2.34. The monoisotopic (exact) mass is 160 g/mol. The van der Waals surface area contributed by atoms with Crippen molar-refractivity contribution in [1.29, 1.82) is 0 Å². The second-order valence-electron chi connectivity index (χ2n) is 2.79. The van der Waals surface area contributed by atoms with E-state index in [9.17, 15) is 0 Å². The molecule has 3 atom stereocenters. The molecule has 1 fully saturated rings. The van der Waals surface area contributed by atoms with Gasteiger partial charge in [0, 0.05) is 19.6 Å². The summed E-state index contributed by atoms with van der Waals surface area (Å²) in [7, 11) is 1.71. The van der Waals surface area contributed by atoms with E-state index in [2.05, 4.69) is 6.92 Å². The van der Waals surface area contributed by atoms with Gasteiger partial charge in [-0.05, 0) is 6.92 Å². The minimum Gasteiger partial charge on any atom is -0.379 e. The van der Waals surface area contributed by atoms with E-state index in [1.54, 1.807) is 7.11 Å². The minimum absolute atomic E-state index is 0.0649. The molecule has 3 heteroatoms. The zero-order valence-electron chi connectivity index (χ0n) is 7.37. The van der Waals surface area contributed by atoms with Crippen molar-refractivity contribution in [3.63, 3.8) is 0 Å². The molecular weight excluding hydrogens is 144 g/mol. The first-order valence-corrected chi connectivity index (χ1v) is 4.05. The molecule has 1 aliphatic rings. The summed E-state index contributed by atoms with van der Waals surface area (Å²) in [6.45, 7) is 5.41. The molecular formula is C8H16O3. The Morgan fingerprint density at radius 1 is 1.55 bits per heavy atom. The number of methoxy groups -OCH3 is 1. The Kier molecular flexibility index (Phi) is 3.30. The fraction of sp³-hybridized carbons (Fsp3) is 1.00. The Labute approximate surface area is 67.6 Å². The zero-order valence-corrected chi connectivity index (χ0v) is 7.37. The number of rotatable bonds is 3. The van der Waals surface area contributed by atoms with Gasteiger partial charge in [0.05, 0.1) is 12.7 Å². The van der Waals surface area contributed by atoms with Crippen LogP contribution < -0.4 is 0 Å². The fourth-order valence-electron chi connectivity index (χ4n) is 1.32. The molecule has 1 saturated heterocycles. The summed E-state index contributed by atoms with van der Waals surface area (Å²) in [5.74, 6) is 0.347. The lowest BCUT2D eigenvalue weighted by atomic mass is 10.1. The van der Waals surface area contributed by atoms with E-state index in [-0.39, 0.29) is 12.4 Å². The standard InChI is InChI=1S/C8H16O3/c1-4-10-8-6(2)7(9-3)5-11-8/h6-8H,4-5H2,1-3H3/t6-,7-,8+/m0/s1. The van der Waals surface area contributed by atoms with Crippen LogP contribution in [0.15, 0.2) is 0 Å². The molecule has 0 aromatic carbocycles. The highest BCUT2D eigenvalue weighted by Crippen LogP contribution is 2.23. The van der Waals surface area contributed by atoms with Crippen LogP contribution in [0.3, 0.4) is 0 Å². The second kappa shape index (κ2) is 4.04. The first-order valence-electron chi connectivity index (χ1n) is 4.05. The predicted octanol–water partition coefficient (Wildman–Crippen LogP) is 1.03. The van der Waals surface area contributed by atoms with E-state index in [4.69, 9.17) is 14.2 Å². The third kappa shape index (κ3) is 1.92. The van der Waals surface area contributed by atoms with Gasteiger partial charge in [-0.15, -0.1) is 0 Å². The third-order valence-corrected chi connectivity index (χ3v) is 2.07. The first kappa shape index (κ1) is 8.97. The summed E-state index contributed by atoms with van der Waals surface area (Å²) < 4.78 is 15.9. The molecule has 0 saturated carbocycles. The predicted molar refractivity (Wildman–Crippen MR) is 41.3 cm³/mol. The minimum atomic E-state index is -0.0649. The molecule has 0 radical (unpaired) electrons. The van der Waals surface area contributed by atoms with E-state index in [1.807, 2.05) is 6.92 Å². The molecule has 1 heterocycles. The quantitative estimate of drug-likeness (QED) is 0.617. The van der Waals surface area contributed by atoms with E-state index >= 15 is 0 Å². The van der Waals surface area contributed by atoms with Gasteiger partial charge in [0.1, 0.15) is 0 Å². The van der Waals surface area contributed by atoms with Crippen molar-refractivity contribution in [2.24, 2.45) is 5.92 Å². The average Bonchev–Trinajstić information content (AvgIpc) is 2.34. The highest BCUT2D eigenvalue weighted by molar-refractivity contribution is 4.75. The van der Waals surface area contributed by atoms with Crippen LogP contribution in [0.4, 0.5) is 0 Å². The van der Waals surface area contributed by atoms with Crippen molar-refractivity contribution in [3.8, 4) is 0 Å². The van der Waals surface area contributed by atoms with Crippen LogP contribution in [-0.4, -0.2) is 32.7 Å². The summed E-state index contributed by atoms with van der Waals surface area (Å²) in [6, 6.07) is 0. The van der Waals surface area contributed by atoms with Gasteiger partial charge in [-0.25, -0.2) is 0 Å². The van der Waals surface area contributed by atoms with Gasteiger partial charge in [-0.1, -0.05) is 6.92 Å². The molecule has 0 aromatic heterocycles. The van der Waals surface area contributed by atoms with Crippen LogP contribution in [0.5, 0.6) is 0 Å². The van der Waals surface area contributed by atoms with Gasteiger partial charge in [-0.3, -0.25) is 0 Å². The normalized spacial score (nSPS) is 37.9. The first-order chi connectivity index (χ1) is 5.29. The van der Waals surface area contributed by atoms with E-state index in [0.717, 1.165) is 0 Å². The summed E-state index contributed by atoms with van der Waals surface area (Å²) >= 11 is 0. The number of ether oxygens (including phenoxy) is 3. The number of hydrogen-bond acceptors (Lipinski definition) is 3. The average molecular weight is 160 g/mol. The Bertz CT molecular complexity index is 116. The largest absolute Gasteiger partial charge is 0.379 e. The van der Waals surface area contributed by atoms with Crippen molar-refractivity contribution in [2.75, 3.05) is 20.3 Å². The SMILES string of the molecule is CCO[C@@H]1OC[C@H](OC)[C@@H]1C. The summed E-state index contributed by atoms with van der Waals surface area (Å²) in [6.07, 6.45) is 0.136. The topological polar surface area (TPSA) is 27.7 Å². The maximum atomic E-state index is 5.36. The summed E-state index contributed by atoms with van der Waals surface area (Å²) in [5.41, 5.74) is 0. The van der Waals surface area contributed by atoms with Crippen LogP contribution >= 0.6 is 0 Å². The molecule has 1 aliphatic heterocycles. The van der Waals surface area contributed by atoms with E-state index in [1.165, 1.54) is 0 Å². The van der Waals surface area contributed by atoms with Crippen molar-refractivity contribution in [2.45, 2.75) is 26.2 Å². The van der Waals surface area contributed by atoms with Crippen LogP contribution in [0, 0.1) is 5.92 Å². The summed E-state index contributed by atoms with van der Waals surface area (Å²) in [5, 5.41) is 0. The second-order valence-corrected chi connectivity index (χ2v) is 2.79. The lowest BCUT2D eigenvalue weighted by molar-refractivity contribution is -0.124. The maximum absolute atomic E-state index is 5.36. The van der Waals surface area contributed by atoms with Gasteiger partial charge in [0.25, 0.3) is 0 Å². The molecule has 3 nitrogen and oxygen atoms in total. The molecule has 0 unspecified atom stereocenters. The Hall–Kier alpha value is -0.120. The fourth-order valence-corrected chi connectivity index (χ4v) is 1.32. The molecule has 0 spiro atoms. The maximum Gasteiger partial charge on any atom is 0.162 e. The molecule has 0 N–H and O–H groups in total. The number of hydrogen-bond donors (Lipinski definition) is 0. The molecule has 1 rings (SSSR count). The lowest BCUT2D eigenvalue weighted by Gasteiger charge is -2.16. The van der Waals surface area contributed by atoms with Crippen molar-refractivity contribution in [3.05, 3.63) is 0 Å². The van der Waals surface area contributed by atoms with E-state index < -0.39 is 0 Å². The van der Waals surface area contributed by atoms with Gasteiger partial charge in [0.15, 0.2) is 6.29 Å². The van der Waals surface area contributed by atoms with Crippen molar-refractivity contribution < 1.29 is 14.2 Å². The van der Waals surface area contributed by atoms with Gasteiger partial charge >= 0.3 is 0 Å². The van der Waals surface area contributed by atoms with Crippen molar-refractivity contribution >= 4 is 0 Å². The zero-order chi connectivity index (χ0) is 8.27. The van der Waals surface area contributed by atoms with Gasteiger partial charge in [0.2, 0.25) is 0 Å². The van der Waals surface area contributed by atoms with Gasteiger partial charge in [-0.2, -0.15) is 0 Å². The van der Waals surface area contributed by atoms with Gasteiger partial charge < -0.3 is 14.2 Å². The van der Waals surface area contributed by atoms with Crippen LogP contribution in [-0.2, 0) is 14.2 Å². The molecule has 0 amide bonds. The molecule has 11 heavy (non-hydrogen) atoms. The van der Waals surface area contributed by atoms with Crippen LogP contribution in [0.1, 0.15) is 13.8 Å². The van der Waals surface area contributed by atoms with Crippen LogP contribution in [0.25, 0.3) is 0 Å². The molecule has 0 bridgehead atoms. The summed E-state index contributed by atoms with van der Waals surface area (Å²) in [4.78, 5) is 0.